The third kappa shape index (κ3) is 3.82. The molecular formula is C16H29N3. The van der Waals surface area contributed by atoms with Crippen LogP contribution in [0.2, 0.25) is 0 Å². The maximum absolute atomic E-state index is 4.75. The Kier molecular flexibility index (Phi) is 5.03. The van der Waals surface area contributed by atoms with Crippen LogP contribution in [0.3, 0.4) is 0 Å². The van der Waals surface area contributed by atoms with Gasteiger partial charge in [-0.05, 0) is 45.1 Å². The van der Waals surface area contributed by atoms with Crippen molar-refractivity contribution in [1.82, 2.24) is 15.1 Å². The average molecular weight is 263 g/mol. The molecule has 1 aliphatic rings. The highest BCUT2D eigenvalue weighted by Crippen LogP contribution is 2.27. The van der Waals surface area contributed by atoms with Crippen LogP contribution in [0.1, 0.15) is 56.5 Å². The molecule has 0 radical (unpaired) electrons. The molecule has 0 aromatic carbocycles. The lowest BCUT2D eigenvalue weighted by molar-refractivity contribution is 0.421. The van der Waals surface area contributed by atoms with Crippen LogP contribution in [-0.2, 0) is 13.1 Å². The Hall–Kier alpha value is -0.830. The number of nitrogens with zero attached hydrogens (tertiary/aromatic N) is 2. The number of hydrogen-bond acceptors (Lipinski definition) is 2. The molecule has 0 aliphatic heterocycles. The van der Waals surface area contributed by atoms with Crippen LogP contribution in [0.25, 0.3) is 0 Å². The highest BCUT2D eigenvalue weighted by molar-refractivity contribution is 5.24. The molecule has 1 fully saturated rings. The summed E-state index contributed by atoms with van der Waals surface area (Å²) in [7, 11) is 0. The summed E-state index contributed by atoms with van der Waals surface area (Å²) in [5.74, 6) is 1.56. The van der Waals surface area contributed by atoms with Crippen LogP contribution < -0.4 is 5.32 Å². The first-order chi connectivity index (χ1) is 9.08. The van der Waals surface area contributed by atoms with Crippen molar-refractivity contribution in [1.29, 1.82) is 0 Å². The number of nitrogens with one attached hydrogen (secondary N) is 1. The molecule has 1 saturated carbocycles. The summed E-state index contributed by atoms with van der Waals surface area (Å²) in [6, 6.07) is 0. The van der Waals surface area contributed by atoms with Crippen molar-refractivity contribution in [3.63, 3.8) is 0 Å². The van der Waals surface area contributed by atoms with Gasteiger partial charge in [0.1, 0.15) is 0 Å². The Labute approximate surface area is 117 Å². The Morgan fingerprint density at radius 3 is 2.58 bits per heavy atom. The first-order valence-corrected chi connectivity index (χ1v) is 7.81. The van der Waals surface area contributed by atoms with Crippen molar-refractivity contribution in [2.75, 3.05) is 6.54 Å². The van der Waals surface area contributed by atoms with E-state index >= 15 is 0 Å². The first-order valence-electron chi connectivity index (χ1n) is 7.81. The highest BCUT2D eigenvalue weighted by Gasteiger charge is 2.18. The molecule has 1 aromatic rings. The molecule has 0 unspecified atom stereocenters. The van der Waals surface area contributed by atoms with Crippen molar-refractivity contribution in [3.05, 3.63) is 17.0 Å². The minimum atomic E-state index is 0.703. The van der Waals surface area contributed by atoms with Gasteiger partial charge in [-0.25, -0.2) is 0 Å². The van der Waals surface area contributed by atoms with Crippen LogP contribution in [-0.4, -0.2) is 16.3 Å². The number of hydrogen-bond donors (Lipinski definition) is 1. The van der Waals surface area contributed by atoms with E-state index in [0.29, 0.717) is 5.92 Å². The molecule has 0 saturated heterocycles. The quantitative estimate of drug-likeness (QED) is 0.852. The minimum absolute atomic E-state index is 0.703. The largest absolute Gasteiger partial charge is 0.312 e. The smallest absolute Gasteiger partial charge is 0.0641 e. The third-order valence-corrected chi connectivity index (χ3v) is 4.29. The van der Waals surface area contributed by atoms with E-state index in [9.17, 15) is 0 Å². The van der Waals surface area contributed by atoms with Crippen LogP contribution in [0.15, 0.2) is 0 Å². The van der Waals surface area contributed by atoms with E-state index in [1.165, 1.54) is 42.6 Å². The summed E-state index contributed by atoms with van der Waals surface area (Å²) in [5, 5.41) is 8.28. The van der Waals surface area contributed by atoms with Gasteiger partial charge in [-0.15, -0.1) is 0 Å². The summed E-state index contributed by atoms with van der Waals surface area (Å²) in [6.07, 6.45) is 5.60. The standard InChI is InChI=1S/C16H29N3/c1-12(2)9-17-10-16-13(3)18-19(14(16)4)11-15-7-5-6-8-15/h12,15,17H,5-11H2,1-4H3. The summed E-state index contributed by atoms with van der Waals surface area (Å²) in [4.78, 5) is 0. The Balaban J connectivity index is 1.97. The maximum atomic E-state index is 4.75. The van der Waals surface area contributed by atoms with Gasteiger partial charge >= 0.3 is 0 Å². The predicted octanol–water partition coefficient (Wildman–Crippen LogP) is 3.44. The van der Waals surface area contributed by atoms with Gasteiger partial charge in [0.25, 0.3) is 0 Å². The maximum Gasteiger partial charge on any atom is 0.0641 e. The van der Waals surface area contributed by atoms with Crippen LogP contribution >= 0.6 is 0 Å². The fourth-order valence-corrected chi connectivity index (χ4v) is 3.09. The topological polar surface area (TPSA) is 29.9 Å². The summed E-state index contributed by atoms with van der Waals surface area (Å²) < 4.78 is 2.25. The fraction of sp³-hybridized carbons (Fsp3) is 0.812. The molecule has 0 amide bonds. The zero-order valence-electron chi connectivity index (χ0n) is 13.0. The zero-order valence-corrected chi connectivity index (χ0v) is 13.0. The summed E-state index contributed by atoms with van der Waals surface area (Å²) in [6.45, 7) is 12.0. The van der Waals surface area contributed by atoms with E-state index in [1.54, 1.807) is 0 Å². The second-order valence-corrected chi connectivity index (χ2v) is 6.51. The Bertz CT molecular complexity index is 400. The lowest BCUT2D eigenvalue weighted by Gasteiger charge is -2.11. The van der Waals surface area contributed by atoms with E-state index in [-0.39, 0.29) is 0 Å². The van der Waals surface area contributed by atoms with Gasteiger partial charge in [0.05, 0.1) is 5.69 Å². The monoisotopic (exact) mass is 263 g/mol. The van der Waals surface area contributed by atoms with E-state index in [4.69, 9.17) is 5.10 Å². The first kappa shape index (κ1) is 14.6. The molecule has 0 bridgehead atoms. The summed E-state index contributed by atoms with van der Waals surface area (Å²) in [5.41, 5.74) is 3.96. The molecule has 1 heterocycles. The van der Waals surface area contributed by atoms with Crippen LogP contribution in [0, 0.1) is 25.7 Å². The van der Waals surface area contributed by atoms with Gasteiger partial charge in [-0.2, -0.15) is 5.10 Å². The fourth-order valence-electron chi connectivity index (χ4n) is 3.09. The second kappa shape index (κ2) is 6.56. The lowest BCUT2D eigenvalue weighted by Crippen LogP contribution is -2.19. The molecule has 2 rings (SSSR count). The molecule has 3 heteroatoms. The van der Waals surface area contributed by atoms with Crippen molar-refractivity contribution in [2.45, 2.75) is 66.5 Å². The van der Waals surface area contributed by atoms with E-state index in [0.717, 1.165) is 25.6 Å². The van der Waals surface area contributed by atoms with Gasteiger partial charge in [0.2, 0.25) is 0 Å². The normalized spacial score (nSPS) is 16.7. The molecule has 19 heavy (non-hydrogen) atoms. The number of aryl methyl sites for hydroxylation is 1. The average Bonchev–Trinajstić information content (AvgIpc) is 2.93. The van der Waals surface area contributed by atoms with Gasteiger partial charge in [-0.1, -0.05) is 26.7 Å². The van der Waals surface area contributed by atoms with Crippen LogP contribution in [0.5, 0.6) is 0 Å². The highest BCUT2D eigenvalue weighted by atomic mass is 15.3. The zero-order chi connectivity index (χ0) is 13.8. The van der Waals surface area contributed by atoms with Crippen LogP contribution in [0.4, 0.5) is 0 Å². The number of rotatable bonds is 6. The van der Waals surface area contributed by atoms with Gasteiger partial charge in [-0.3, -0.25) is 4.68 Å². The van der Waals surface area contributed by atoms with Gasteiger partial charge in [0, 0.05) is 24.3 Å². The molecular weight excluding hydrogens is 234 g/mol. The van der Waals surface area contributed by atoms with E-state index in [2.05, 4.69) is 37.7 Å². The van der Waals surface area contributed by atoms with Gasteiger partial charge in [0.15, 0.2) is 0 Å². The van der Waals surface area contributed by atoms with Crippen molar-refractivity contribution in [2.24, 2.45) is 11.8 Å². The minimum Gasteiger partial charge on any atom is -0.312 e. The van der Waals surface area contributed by atoms with Crippen molar-refractivity contribution < 1.29 is 0 Å². The van der Waals surface area contributed by atoms with Crippen molar-refractivity contribution in [3.8, 4) is 0 Å². The summed E-state index contributed by atoms with van der Waals surface area (Å²) >= 11 is 0. The third-order valence-electron chi connectivity index (χ3n) is 4.29. The molecule has 1 N–H and O–H groups in total. The van der Waals surface area contributed by atoms with Gasteiger partial charge < -0.3 is 5.32 Å². The predicted molar refractivity (Wildman–Crippen MR) is 80.2 cm³/mol. The molecule has 108 valence electrons. The van der Waals surface area contributed by atoms with E-state index < -0.39 is 0 Å². The molecule has 1 aromatic heterocycles. The Morgan fingerprint density at radius 2 is 1.95 bits per heavy atom. The van der Waals surface area contributed by atoms with Crippen molar-refractivity contribution >= 4 is 0 Å². The number of aromatic nitrogens is 2. The lowest BCUT2D eigenvalue weighted by atomic mass is 10.1. The molecule has 0 spiro atoms. The molecule has 1 aliphatic carbocycles. The Morgan fingerprint density at radius 1 is 1.26 bits per heavy atom. The van der Waals surface area contributed by atoms with E-state index in [1.807, 2.05) is 0 Å². The second-order valence-electron chi connectivity index (χ2n) is 6.51. The molecule has 3 nitrogen and oxygen atoms in total. The molecule has 0 atom stereocenters. The SMILES string of the molecule is Cc1nn(CC2CCCC2)c(C)c1CNCC(C)C.